The molecule has 84 valence electrons. The van der Waals surface area contributed by atoms with E-state index in [1.807, 2.05) is 0 Å². The summed E-state index contributed by atoms with van der Waals surface area (Å²) in [6.45, 7) is 0.526. The van der Waals surface area contributed by atoms with Crippen molar-refractivity contribution in [2.75, 3.05) is 11.9 Å². The summed E-state index contributed by atoms with van der Waals surface area (Å²) in [5.74, 6) is 0.697. The van der Waals surface area contributed by atoms with Crippen LogP contribution in [-0.4, -0.2) is 37.2 Å². The third-order valence-corrected chi connectivity index (χ3v) is 3.09. The quantitative estimate of drug-likeness (QED) is 0.706. The molecule has 2 aromatic heterocycles. The molecule has 3 N–H and O–H groups in total. The normalized spacial score (nSPS) is 18.3. The molecule has 16 heavy (non-hydrogen) atoms. The first-order valence-electron chi connectivity index (χ1n) is 5.37. The minimum atomic E-state index is -0.558. The molecule has 1 saturated carbocycles. The molecule has 0 atom stereocenters. The molecular formula is C10H13N5O. The minimum absolute atomic E-state index is 0.526. The molecule has 0 amide bonds. The van der Waals surface area contributed by atoms with Gasteiger partial charge in [0.1, 0.15) is 11.8 Å². The maximum absolute atomic E-state index is 9.96. The van der Waals surface area contributed by atoms with E-state index in [1.54, 1.807) is 6.33 Å². The largest absolute Gasteiger partial charge is 0.388 e. The summed E-state index contributed by atoms with van der Waals surface area (Å²) < 4.78 is 0. The molecule has 0 spiro atoms. The number of nitrogens with zero attached hydrogens (tertiary/aromatic N) is 3. The summed E-state index contributed by atoms with van der Waals surface area (Å²) in [7, 11) is 0. The van der Waals surface area contributed by atoms with Crippen LogP contribution in [-0.2, 0) is 0 Å². The van der Waals surface area contributed by atoms with E-state index in [9.17, 15) is 5.11 Å². The van der Waals surface area contributed by atoms with E-state index in [0.717, 1.165) is 24.8 Å². The standard InChI is InChI=1S/C10H13N5O/c16-10(2-1-3-10)4-11-8-7-9(13-5-12-7)15-6-14-8/h5-6,16H,1-4H2,(H2,11,12,13,14,15). The lowest BCUT2D eigenvalue weighted by Crippen LogP contribution is -2.43. The van der Waals surface area contributed by atoms with Gasteiger partial charge in [0.2, 0.25) is 0 Å². The first-order valence-corrected chi connectivity index (χ1v) is 5.37. The monoisotopic (exact) mass is 219 g/mol. The number of hydrogen-bond acceptors (Lipinski definition) is 5. The number of rotatable bonds is 3. The van der Waals surface area contributed by atoms with Gasteiger partial charge < -0.3 is 15.4 Å². The van der Waals surface area contributed by atoms with Crippen LogP contribution in [0.4, 0.5) is 5.82 Å². The Labute approximate surface area is 92.1 Å². The molecule has 3 rings (SSSR count). The number of imidazole rings is 1. The smallest absolute Gasteiger partial charge is 0.182 e. The molecular weight excluding hydrogens is 206 g/mol. The SMILES string of the molecule is OC1(CNc2ncnc3nc[nH]c23)CCC1. The number of anilines is 1. The molecule has 0 aromatic carbocycles. The Balaban J connectivity index is 1.81. The zero-order valence-corrected chi connectivity index (χ0v) is 8.77. The van der Waals surface area contributed by atoms with Gasteiger partial charge in [-0.25, -0.2) is 15.0 Å². The van der Waals surface area contributed by atoms with E-state index in [4.69, 9.17) is 0 Å². The molecule has 1 aliphatic carbocycles. The van der Waals surface area contributed by atoms with Crippen molar-refractivity contribution < 1.29 is 5.11 Å². The Morgan fingerprint density at radius 3 is 3.00 bits per heavy atom. The first kappa shape index (κ1) is 9.53. The second-order valence-electron chi connectivity index (χ2n) is 4.25. The highest BCUT2D eigenvalue weighted by atomic mass is 16.3. The molecule has 2 aromatic rings. The predicted octanol–water partition coefficient (Wildman–Crippen LogP) is 0.680. The average molecular weight is 219 g/mol. The Bertz CT molecular complexity index is 505. The Kier molecular flexibility index (Phi) is 2.03. The average Bonchev–Trinajstić information content (AvgIpc) is 2.72. The predicted molar refractivity (Wildman–Crippen MR) is 59.0 cm³/mol. The fraction of sp³-hybridized carbons (Fsp3) is 0.500. The molecule has 0 radical (unpaired) electrons. The van der Waals surface area contributed by atoms with E-state index < -0.39 is 5.60 Å². The molecule has 0 bridgehead atoms. The van der Waals surface area contributed by atoms with Crippen LogP contribution in [0.15, 0.2) is 12.7 Å². The van der Waals surface area contributed by atoms with Crippen LogP contribution in [0.1, 0.15) is 19.3 Å². The third-order valence-electron chi connectivity index (χ3n) is 3.09. The van der Waals surface area contributed by atoms with Gasteiger partial charge in [0.25, 0.3) is 0 Å². The van der Waals surface area contributed by atoms with E-state index >= 15 is 0 Å². The topological polar surface area (TPSA) is 86.7 Å². The van der Waals surface area contributed by atoms with Crippen LogP contribution >= 0.6 is 0 Å². The number of nitrogens with one attached hydrogen (secondary N) is 2. The van der Waals surface area contributed by atoms with E-state index in [2.05, 4.69) is 25.3 Å². The lowest BCUT2D eigenvalue weighted by molar-refractivity contribution is -0.0202. The number of aromatic amines is 1. The highest BCUT2D eigenvalue weighted by Crippen LogP contribution is 2.31. The minimum Gasteiger partial charge on any atom is -0.388 e. The zero-order chi connectivity index (χ0) is 11.0. The van der Waals surface area contributed by atoms with Crippen molar-refractivity contribution in [3.63, 3.8) is 0 Å². The highest BCUT2D eigenvalue weighted by Gasteiger charge is 2.34. The highest BCUT2D eigenvalue weighted by molar-refractivity contribution is 5.81. The van der Waals surface area contributed by atoms with E-state index in [1.165, 1.54) is 6.33 Å². The van der Waals surface area contributed by atoms with Crippen molar-refractivity contribution in [3.05, 3.63) is 12.7 Å². The summed E-state index contributed by atoms with van der Waals surface area (Å²) in [5, 5.41) is 13.1. The van der Waals surface area contributed by atoms with Gasteiger partial charge in [0.15, 0.2) is 11.5 Å². The van der Waals surface area contributed by atoms with Crippen molar-refractivity contribution in [1.29, 1.82) is 0 Å². The van der Waals surface area contributed by atoms with Crippen molar-refractivity contribution in [2.45, 2.75) is 24.9 Å². The molecule has 0 saturated heterocycles. The van der Waals surface area contributed by atoms with Crippen molar-refractivity contribution in [2.24, 2.45) is 0 Å². The molecule has 6 heteroatoms. The summed E-state index contributed by atoms with van der Waals surface area (Å²) in [6.07, 6.45) is 5.87. The first-order chi connectivity index (χ1) is 7.77. The van der Waals surface area contributed by atoms with Gasteiger partial charge >= 0.3 is 0 Å². The van der Waals surface area contributed by atoms with Gasteiger partial charge in [0.05, 0.1) is 11.9 Å². The number of aliphatic hydroxyl groups is 1. The number of hydrogen-bond donors (Lipinski definition) is 3. The van der Waals surface area contributed by atoms with Gasteiger partial charge in [-0.2, -0.15) is 0 Å². The van der Waals surface area contributed by atoms with Crippen LogP contribution in [0.5, 0.6) is 0 Å². The van der Waals surface area contributed by atoms with Gasteiger partial charge in [-0.3, -0.25) is 0 Å². The lowest BCUT2D eigenvalue weighted by Gasteiger charge is -2.36. The molecule has 1 fully saturated rings. The third kappa shape index (κ3) is 1.51. The van der Waals surface area contributed by atoms with E-state index in [-0.39, 0.29) is 0 Å². The summed E-state index contributed by atoms with van der Waals surface area (Å²) in [4.78, 5) is 15.2. The fourth-order valence-corrected chi connectivity index (χ4v) is 1.91. The summed E-state index contributed by atoms with van der Waals surface area (Å²) >= 11 is 0. The Morgan fingerprint density at radius 2 is 2.25 bits per heavy atom. The number of H-pyrrole nitrogens is 1. The second-order valence-corrected chi connectivity index (χ2v) is 4.25. The van der Waals surface area contributed by atoms with Gasteiger partial charge in [-0.05, 0) is 19.3 Å². The molecule has 6 nitrogen and oxygen atoms in total. The molecule has 1 aliphatic rings. The summed E-state index contributed by atoms with van der Waals surface area (Å²) in [6, 6.07) is 0. The van der Waals surface area contributed by atoms with Crippen molar-refractivity contribution in [1.82, 2.24) is 19.9 Å². The Hall–Kier alpha value is -1.69. The second kappa shape index (κ2) is 3.41. The van der Waals surface area contributed by atoms with Crippen LogP contribution in [0, 0.1) is 0 Å². The number of aromatic nitrogens is 4. The van der Waals surface area contributed by atoms with E-state index in [0.29, 0.717) is 18.0 Å². The Morgan fingerprint density at radius 1 is 1.38 bits per heavy atom. The van der Waals surface area contributed by atoms with Crippen molar-refractivity contribution >= 4 is 17.0 Å². The van der Waals surface area contributed by atoms with Crippen LogP contribution in [0.3, 0.4) is 0 Å². The maximum Gasteiger partial charge on any atom is 0.182 e. The zero-order valence-electron chi connectivity index (χ0n) is 8.77. The van der Waals surface area contributed by atoms with Gasteiger partial charge in [0, 0.05) is 6.54 Å². The van der Waals surface area contributed by atoms with Crippen LogP contribution < -0.4 is 5.32 Å². The van der Waals surface area contributed by atoms with Gasteiger partial charge in [-0.1, -0.05) is 0 Å². The fourth-order valence-electron chi connectivity index (χ4n) is 1.91. The van der Waals surface area contributed by atoms with Gasteiger partial charge in [-0.15, -0.1) is 0 Å². The molecule has 2 heterocycles. The summed E-state index contributed by atoms with van der Waals surface area (Å²) in [5.41, 5.74) is 0.862. The maximum atomic E-state index is 9.96. The number of fused-ring (bicyclic) bond motifs is 1. The van der Waals surface area contributed by atoms with Crippen LogP contribution in [0.2, 0.25) is 0 Å². The molecule has 0 unspecified atom stereocenters. The van der Waals surface area contributed by atoms with Crippen molar-refractivity contribution in [3.8, 4) is 0 Å². The van der Waals surface area contributed by atoms with Crippen LogP contribution in [0.25, 0.3) is 11.2 Å². The lowest BCUT2D eigenvalue weighted by atomic mass is 9.80. The molecule has 0 aliphatic heterocycles.